The summed E-state index contributed by atoms with van der Waals surface area (Å²) >= 11 is 0. The maximum Gasteiger partial charge on any atom is 0.266 e. The first-order chi connectivity index (χ1) is 13.7. The number of carbonyl (C=O) groups excluding carboxylic acids is 2. The number of H-pyrrole nitrogens is 1. The standard InChI is InChI=1S/C22H15N3O3/c1-28-15-10-11-18-19(12-15)24-20(23-18)13-6-8-14(9-7-13)25-21(26)16-4-2-3-5-17(16)22(25)27/h2-12H,1H3,(H,23,24). The van der Waals surface area contributed by atoms with Crippen molar-refractivity contribution in [2.45, 2.75) is 0 Å². The Bertz CT molecular complexity index is 1210. The first kappa shape index (κ1) is 16.3. The number of methoxy groups -OCH3 is 1. The van der Waals surface area contributed by atoms with Crippen LogP contribution < -0.4 is 9.64 Å². The third-order valence-corrected chi connectivity index (χ3v) is 4.88. The van der Waals surface area contributed by atoms with Gasteiger partial charge in [0.25, 0.3) is 11.8 Å². The normalized spacial score (nSPS) is 13.2. The number of hydrogen-bond donors (Lipinski definition) is 1. The highest BCUT2D eigenvalue weighted by Gasteiger charge is 2.36. The number of carbonyl (C=O) groups is 2. The maximum absolute atomic E-state index is 12.6. The lowest BCUT2D eigenvalue weighted by atomic mass is 10.1. The molecule has 1 aliphatic heterocycles. The van der Waals surface area contributed by atoms with E-state index in [0.717, 1.165) is 22.3 Å². The fourth-order valence-electron chi connectivity index (χ4n) is 3.44. The van der Waals surface area contributed by atoms with E-state index in [2.05, 4.69) is 9.97 Å². The van der Waals surface area contributed by atoms with E-state index in [1.807, 2.05) is 30.3 Å². The quantitative estimate of drug-likeness (QED) is 0.553. The Morgan fingerprint density at radius 3 is 2.21 bits per heavy atom. The molecule has 0 saturated carbocycles. The molecule has 0 aliphatic carbocycles. The number of amides is 2. The van der Waals surface area contributed by atoms with Crippen molar-refractivity contribution in [3.8, 4) is 17.1 Å². The van der Waals surface area contributed by atoms with Gasteiger partial charge in [-0.15, -0.1) is 0 Å². The molecule has 0 bridgehead atoms. The van der Waals surface area contributed by atoms with Crippen molar-refractivity contribution in [3.63, 3.8) is 0 Å². The third-order valence-electron chi connectivity index (χ3n) is 4.88. The monoisotopic (exact) mass is 369 g/mol. The second-order valence-corrected chi connectivity index (χ2v) is 6.51. The van der Waals surface area contributed by atoms with Crippen molar-refractivity contribution in [1.82, 2.24) is 9.97 Å². The molecule has 6 nitrogen and oxygen atoms in total. The van der Waals surface area contributed by atoms with Crippen LogP contribution in [0.5, 0.6) is 5.75 Å². The molecule has 0 atom stereocenters. The number of hydrogen-bond acceptors (Lipinski definition) is 4. The summed E-state index contributed by atoms with van der Waals surface area (Å²) in [5.74, 6) is 0.856. The molecule has 0 fully saturated rings. The van der Waals surface area contributed by atoms with Gasteiger partial charge in [0.05, 0.1) is 35.0 Å². The first-order valence-electron chi connectivity index (χ1n) is 8.78. The third kappa shape index (κ3) is 2.39. The van der Waals surface area contributed by atoms with Crippen LogP contribution in [0.25, 0.3) is 22.4 Å². The summed E-state index contributed by atoms with van der Waals surface area (Å²) < 4.78 is 5.24. The van der Waals surface area contributed by atoms with Crippen LogP contribution in [0.15, 0.2) is 66.7 Å². The van der Waals surface area contributed by atoms with Crippen LogP contribution in [0.4, 0.5) is 5.69 Å². The Balaban J connectivity index is 1.48. The van der Waals surface area contributed by atoms with Crippen LogP contribution in [0.1, 0.15) is 20.7 Å². The van der Waals surface area contributed by atoms with E-state index in [-0.39, 0.29) is 11.8 Å². The smallest absolute Gasteiger partial charge is 0.266 e. The van der Waals surface area contributed by atoms with Crippen LogP contribution >= 0.6 is 0 Å². The van der Waals surface area contributed by atoms with Crippen LogP contribution in [-0.2, 0) is 0 Å². The minimum atomic E-state index is -0.302. The predicted octanol–water partition coefficient (Wildman–Crippen LogP) is 4.04. The molecule has 28 heavy (non-hydrogen) atoms. The van der Waals surface area contributed by atoms with Gasteiger partial charge in [0.1, 0.15) is 11.6 Å². The molecule has 1 N–H and O–H groups in total. The number of nitrogens with zero attached hydrogens (tertiary/aromatic N) is 2. The van der Waals surface area contributed by atoms with E-state index in [1.54, 1.807) is 43.5 Å². The lowest BCUT2D eigenvalue weighted by Gasteiger charge is -2.14. The van der Waals surface area contributed by atoms with Gasteiger partial charge in [-0.25, -0.2) is 9.88 Å². The summed E-state index contributed by atoms with van der Waals surface area (Å²) in [5, 5.41) is 0. The number of imide groups is 1. The second kappa shape index (κ2) is 6.06. The summed E-state index contributed by atoms with van der Waals surface area (Å²) in [5.41, 5.74) is 3.97. The van der Waals surface area contributed by atoms with Crippen LogP contribution in [-0.4, -0.2) is 28.9 Å². The van der Waals surface area contributed by atoms with Crippen molar-refractivity contribution in [1.29, 1.82) is 0 Å². The van der Waals surface area contributed by atoms with Crippen molar-refractivity contribution in [2.75, 3.05) is 12.0 Å². The Labute approximate surface area is 160 Å². The molecule has 0 saturated heterocycles. The molecular formula is C22H15N3O3. The molecule has 5 rings (SSSR count). The van der Waals surface area contributed by atoms with E-state index in [9.17, 15) is 9.59 Å². The molecule has 4 aromatic rings. The summed E-state index contributed by atoms with van der Waals surface area (Å²) in [6.07, 6.45) is 0. The number of benzene rings is 3. The lowest BCUT2D eigenvalue weighted by molar-refractivity contribution is 0.0926. The molecule has 6 heteroatoms. The number of aromatic amines is 1. The average molecular weight is 369 g/mol. The Kier molecular flexibility index (Phi) is 3.52. The Hall–Kier alpha value is -3.93. The van der Waals surface area contributed by atoms with E-state index in [1.165, 1.54) is 4.90 Å². The van der Waals surface area contributed by atoms with Gasteiger partial charge in [-0.2, -0.15) is 0 Å². The first-order valence-corrected chi connectivity index (χ1v) is 8.78. The van der Waals surface area contributed by atoms with Crippen molar-refractivity contribution >= 4 is 28.5 Å². The summed E-state index contributed by atoms with van der Waals surface area (Å²) in [4.78, 5) is 34.3. The van der Waals surface area contributed by atoms with Crippen LogP contribution in [0.3, 0.4) is 0 Å². The predicted molar refractivity (Wildman–Crippen MR) is 106 cm³/mol. The minimum Gasteiger partial charge on any atom is -0.497 e. The van der Waals surface area contributed by atoms with Gasteiger partial charge < -0.3 is 9.72 Å². The number of fused-ring (bicyclic) bond motifs is 2. The summed E-state index contributed by atoms with van der Waals surface area (Å²) in [6, 6.07) is 19.7. The number of anilines is 1. The van der Waals surface area contributed by atoms with Crippen molar-refractivity contribution in [3.05, 3.63) is 77.9 Å². The lowest BCUT2D eigenvalue weighted by Crippen LogP contribution is -2.29. The number of aromatic nitrogens is 2. The van der Waals surface area contributed by atoms with Gasteiger partial charge >= 0.3 is 0 Å². The highest BCUT2D eigenvalue weighted by Crippen LogP contribution is 2.30. The van der Waals surface area contributed by atoms with Gasteiger partial charge in [0.15, 0.2) is 0 Å². The molecule has 3 aromatic carbocycles. The van der Waals surface area contributed by atoms with Crippen molar-refractivity contribution < 1.29 is 14.3 Å². The van der Waals surface area contributed by atoms with Gasteiger partial charge in [-0.3, -0.25) is 9.59 Å². The van der Waals surface area contributed by atoms with E-state index < -0.39 is 0 Å². The molecule has 0 spiro atoms. The molecule has 0 radical (unpaired) electrons. The molecular weight excluding hydrogens is 354 g/mol. The molecule has 2 heterocycles. The highest BCUT2D eigenvalue weighted by molar-refractivity contribution is 6.34. The second-order valence-electron chi connectivity index (χ2n) is 6.51. The van der Waals surface area contributed by atoms with Crippen LogP contribution in [0, 0.1) is 0 Å². The number of nitrogens with one attached hydrogen (secondary N) is 1. The van der Waals surface area contributed by atoms with E-state index >= 15 is 0 Å². The largest absolute Gasteiger partial charge is 0.497 e. The molecule has 136 valence electrons. The fraction of sp³-hybridized carbons (Fsp3) is 0.0455. The number of rotatable bonds is 3. The van der Waals surface area contributed by atoms with E-state index in [0.29, 0.717) is 22.6 Å². The molecule has 1 aromatic heterocycles. The molecule has 1 aliphatic rings. The fourth-order valence-corrected chi connectivity index (χ4v) is 3.44. The summed E-state index contributed by atoms with van der Waals surface area (Å²) in [7, 11) is 1.62. The van der Waals surface area contributed by atoms with Gasteiger partial charge in [-0.1, -0.05) is 12.1 Å². The van der Waals surface area contributed by atoms with Gasteiger partial charge in [0.2, 0.25) is 0 Å². The highest BCUT2D eigenvalue weighted by atomic mass is 16.5. The van der Waals surface area contributed by atoms with E-state index in [4.69, 9.17) is 4.74 Å². The zero-order valence-electron chi connectivity index (χ0n) is 15.0. The van der Waals surface area contributed by atoms with Gasteiger partial charge in [-0.05, 0) is 48.5 Å². The SMILES string of the molecule is COc1ccc2nc(-c3ccc(N4C(=O)c5ccccc5C4=O)cc3)[nH]c2c1. The zero-order valence-corrected chi connectivity index (χ0v) is 15.0. The maximum atomic E-state index is 12.6. The number of imidazole rings is 1. The summed E-state index contributed by atoms with van der Waals surface area (Å²) in [6.45, 7) is 0. The Morgan fingerprint density at radius 1 is 0.893 bits per heavy atom. The number of ether oxygens (including phenoxy) is 1. The molecule has 2 amide bonds. The molecule has 0 unspecified atom stereocenters. The van der Waals surface area contributed by atoms with Crippen LogP contribution in [0.2, 0.25) is 0 Å². The average Bonchev–Trinajstić information content (AvgIpc) is 3.27. The van der Waals surface area contributed by atoms with Crippen molar-refractivity contribution in [2.24, 2.45) is 0 Å². The zero-order chi connectivity index (χ0) is 19.3. The van der Waals surface area contributed by atoms with Gasteiger partial charge in [0, 0.05) is 11.6 Å². The topological polar surface area (TPSA) is 75.3 Å². The minimum absolute atomic E-state index is 0.302. The Morgan fingerprint density at radius 2 is 1.57 bits per heavy atom.